The second-order valence-electron chi connectivity index (χ2n) is 4.28. The first-order chi connectivity index (χ1) is 9.88. The largest absolute Gasteiger partial charge is 0.489 e. The molecule has 6 heteroatoms. The number of para-hydroxylation sites is 1. The fraction of sp³-hybridized carbons (Fsp3) is 0.133. The Kier molecular flexibility index (Phi) is 4.16. The van der Waals surface area contributed by atoms with Crippen LogP contribution in [0.4, 0.5) is 13.2 Å². The van der Waals surface area contributed by atoms with Crippen LogP contribution < -0.4 is 4.74 Å². The summed E-state index contributed by atoms with van der Waals surface area (Å²) >= 11 is 0. The van der Waals surface area contributed by atoms with E-state index in [1.54, 1.807) is 30.3 Å². The molecule has 0 aromatic heterocycles. The smallest absolute Gasteiger partial charge is 0.416 e. The highest BCUT2D eigenvalue weighted by molar-refractivity contribution is 5.89. The molecule has 0 saturated carbocycles. The van der Waals surface area contributed by atoms with Gasteiger partial charge in [0.25, 0.3) is 0 Å². The standard InChI is InChI=1S/C15H11F3O3/c16-15(17,18)11-7-6-10(13(8-11)14(19)20)9-21-12-4-2-1-3-5-12/h1-8H,9H2,(H,19,20). The molecule has 0 aliphatic carbocycles. The van der Waals surface area contributed by atoms with Gasteiger partial charge in [-0.1, -0.05) is 24.3 Å². The number of hydrogen-bond acceptors (Lipinski definition) is 2. The Morgan fingerprint density at radius 1 is 1.10 bits per heavy atom. The van der Waals surface area contributed by atoms with E-state index < -0.39 is 23.3 Å². The molecule has 0 bridgehead atoms. The van der Waals surface area contributed by atoms with Crippen molar-refractivity contribution in [2.45, 2.75) is 12.8 Å². The van der Waals surface area contributed by atoms with Crippen molar-refractivity contribution in [2.24, 2.45) is 0 Å². The van der Waals surface area contributed by atoms with Crippen LogP contribution >= 0.6 is 0 Å². The molecule has 0 heterocycles. The maximum absolute atomic E-state index is 12.6. The van der Waals surface area contributed by atoms with Crippen LogP contribution in [0.1, 0.15) is 21.5 Å². The first-order valence-corrected chi connectivity index (χ1v) is 5.99. The number of carbonyl (C=O) groups is 1. The van der Waals surface area contributed by atoms with Crippen LogP contribution in [-0.2, 0) is 12.8 Å². The summed E-state index contributed by atoms with van der Waals surface area (Å²) in [5.74, 6) is -0.915. The molecule has 0 amide bonds. The van der Waals surface area contributed by atoms with Gasteiger partial charge in [0.05, 0.1) is 11.1 Å². The van der Waals surface area contributed by atoms with Gasteiger partial charge < -0.3 is 9.84 Å². The molecular weight excluding hydrogens is 285 g/mol. The van der Waals surface area contributed by atoms with Gasteiger partial charge in [0.1, 0.15) is 12.4 Å². The lowest BCUT2D eigenvalue weighted by molar-refractivity contribution is -0.137. The van der Waals surface area contributed by atoms with Gasteiger partial charge >= 0.3 is 12.1 Å². The van der Waals surface area contributed by atoms with Crippen LogP contribution in [0.5, 0.6) is 5.75 Å². The lowest BCUT2D eigenvalue weighted by Gasteiger charge is -2.12. The highest BCUT2D eigenvalue weighted by atomic mass is 19.4. The molecule has 1 N–H and O–H groups in total. The molecule has 2 aromatic rings. The van der Waals surface area contributed by atoms with Gasteiger partial charge in [-0.15, -0.1) is 0 Å². The van der Waals surface area contributed by atoms with Crippen LogP contribution in [-0.4, -0.2) is 11.1 Å². The SMILES string of the molecule is O=C(O)c1cc(C(F)(F)F)ccc1COc1ccccc1. The summed E-state index contributed by atoms with van der Waals surface area (Å²) in [6.45, 7) is -0.121. The molecule has 0 fully saturated rings. The van der Waals surface area contributed by atoms with Crippen molar-refractivity contribution in [1.82, 2.24) is 0 Å². The van der Waals surface area contributed by atoms with Crippen molar-refractivity contribution >= 4 is 5.97 Å². The molecule has 0 radical (unpaired) electrons. The van der Waals surface area contributed by atoms with Crippen LogP contribution in [0, 0.1) is 0 Å². The number of alkyl halides is 3. The van der Waals surface area contributed by atoms with E-state index in [-0.39, 0.29) is 12.2 Å². The van der Waals surface area contributed by atoms with Crippen LogP contribution in [0.3, 0.4) is 0 Å². The first kappa shape index (κ1) is 14.9. The van der Waals surface area contributed by atoms with E-state index in [9.17, 15) is 18.0 Å². The van der Waals surface area contributed by atoms with E-state index in [2.05, 4.69) is 0 Å². The van der Waals surface area contributed by atoms with Gasteiger partial charge in [0.2, 0.25) is 0 Å². The lowest BCUT2D eigenvalue weighted by atomic mass is 10.0. The molecule has 0 aliphatic heterocycles. The predicted octanol–water partition coefficient (Wildman–Crippen LogP) is 3.98. The Bertz CT molecular complexity index is 636. The summed E-state index contributed by atoms with van der Waals surface area (Å²) in [6, 6.07) is 11.2. The third-order valence-electron chi connectivity index (χ3n) is 2.81. The van der Waals surface area contributed by atoms with E-state index in [0.717, 1.165) is 12.1 Å². The number of rotatable bonds is 4. The van der Waals surface area contributed by atoms with E-state index in [1.807, 2.05) is 0 Å². The Morgan fingerprint density at radius 2 is 1.76 bits per heavy atom. The fourth-order valence-corrected chi connectivity index (χ4v) is 1.76. The van der Waals surface area contributed by atoms with Crippen molar-refractivity contribution in [3.05, 3.63) is 65.2 Å². The predicted molar refractivity (Wildman–Crippen MR) is 69.2 cm³/mol. The highest BCUT2D eigenvalue weighted by Gasteiger charge is 2.31. The van der Waals surface area contributed by atoms with Crippen LogP contribution in [0.25, 0.3) is 0 Å². The van der Waals surface area contributed by atoms with E-state index >= 15 is 0 Å². The second kappa shape index (κ2) is 5.87. The van der Waals surface area contributed by atoms with Crippen molar-refractivity contribution in [3.63, 3.8) is 0 Å². The van der Waals surface area contributed by atoms with Crippen molar-refractivity contribution in [2.75, 3.05) is 0 Å². The summed E-state index contributed by atoms with van der Waals surface area (Å²) in [4.78, 5) is 11.1. The number of carboxylic acids is 1. The molecule has 21 heavy (non-hydrogen) atoms. The van der Waals surface area contributed by atoms with Gasteiger partial charge in [-0.25, -0.2) is 4.79 Å². The lowest BCUT2D eigenvalue weighted by Crippen LogP contribution is -2.11. The zero-order valence-electron chi connectivity index (χ0n) is 10.7. The third-order valence-corrected chi connectivity index (χ3v) is 2.81. The second-order valence-corrected chi connectivity index (χ2v) is 4.28. The van der Waals surface area contributed by atoms with Gasteiger partial charge in [-0.2, -0.15) is 13.2 Å². The van der Waals surface area contributed by atoms with Gasteiger partial charge in [0, 0.05) is 5.56 Å². The Labute approximate surface area is 118 Å². The molecule has 3 nitrogen and oxygen atoms in total. The van der Waals surface area contributed by atoms with Crippen LogP contribution in [0.15, 0.2) is 48.5 Å². The summed E-state index contributed by atoms with van der Waals surface area (Å²) in [5.41, 5.74) is -1.23. The van der Waals surface area contributed by atoms with Crippen molar-refractivity contribution < 1.29 is 27.8 Å². The highest BCUT2D eigenvalue weighted by Crippen LogP contribution is 2.30. The number of aromatic carboxylic acids is 1. The Morgan fingerprint density at radius 3 is 2.33 bits per heavy atom. The number of halogens is 3. The minimum absolute atomic E-state index is 0.121. The summed E-state index contributed by atoms with van der Waals surface area (Å²) in [7, 11) is 0. The molecule has 0 spiro atoms. The van der Waals surface area contributed by atoms with Gasteiger partial charge in [-0.3, -0.25) is 0 Å². The molecule has 0 atom stereocenters. The molecular formula is C15H11F3O3. The molecule has 110 valence electrons. The van der Waals surface area contributed by atoms with Crippen LogP contribution in [0.2, 0.25) is 0 Å². The zero-order valence-corrected chi connectivity index (χ0v) is 10.7. The number of carboxylic acid groups (broad SMARTS) is 1. The summed E-state index contributed by atoms with van der Waals surface area (Å²) in [6.07, 6.45) is -4.58. The maximum atomic E-state index is 12.6. The van der Waals surface area contributed by atoms with E-state index in [4.69, 9.17) is 9.84 Å². The summed E-state index contributed by atoms with van der Waals surface area (Å²) < 4.78 is 43.1. The maximum Gasteiger partial charge on any atom is 0.416 e. The molecule has 0 aliphatic rings. The third kappa shape index (κ3) is 3.75. The average molecular weight is 296 g/mol. The quantitative estimate of drug-likeness (QED) is 0.928. The molecule has 0 unspecified atom stereocenters. The van der Waals surface area contributed by atoms with Gasteiger partial charge in [0.15, 0.2) is 0 Å². The zero-order chi connectivity index (χ0) is 15.5. The number of benzene rings is 2. The Hall–Kier alpha value is -2.50. The van der Waals surface area contributed by atoms with Crippen molar-refractivity contribution in [1.29, 1.82) is 0 Å². The number of ether oxygens (including phenoxy) is 1. The molecule has 0 saturated heterocycles. The topological polar surface area (TPSA) is 46.5 Å². The minimum atomic E-state index is -4.58. The summed E-state index contributed by atoms with van der Waals surface area (Å²) in [5, 5.41) is 9.03. The monoisotopic (exact) mass is 296 g/mol. The van der Waals surface area contributed by atoms with Crippen molar-refractivity contribution in [3.8, 4) is 5.75 Å². The average Bonchev–Trinajstić information content (AvgIpc) is 2.45. The van der Waals surface area contributed by atoms with E-state index in [1.165, 1.54) is 0 Å². The molecule has 2 rings (SSSR count). The van der Waals surface area contributed by atoms with Gasteiger partial charge in [-0.05, 0) is 24.3 Å². The minimum Gasteiger partial charge on any atom is -0.489 e. The number of hydrogen-bond donors (Lipinski definition) is 1. The normalized spacial score (nSPS) is 11.2. The first-order valence-electron chi connectivity index (χ1n) is 5.99. The van der Waals surface area contributed by atoms with E-state index in [0.29, 0.717) is 11.8 Å². The fourth-order valence-electron chi connectivity index (χ4n) is 1.76. The molecule has 2 aromatic carbocycles. The Balaban J connectivity index is 2.25.